The number of aryl methyl sites for hydroxylation is 1. The highest BCUT2D eigenvalue weighted by Crippen LogP contribution is 2.42. The molecule has 0 saturated carbocycles. The van der Waals surface area contributed by atoms with E-state index in [0.29, 0.717) is 18.4 Å². The molecule has 2 atom stereocenters. The lowest BCUT2D eigenvalue weighted by molar-refractivity contribution is -0.159. The van der Waals surface area contributed by atoms with E-state index in [1.165, 1.54) is 16.2 Å². The minimum atomic E-state index is -1.21. The fraction of sp³-hybridized carbons (Fsp3) is 0.300. The molecule has 13 heteroatoms. The van der Waals surface area contributed by atoms with E-state index in [-0.39, 0.29) is 33.0 Å². The maximum absolute atomic E-state index is 12.9. The number of β-lactam (4-membered cyclic amide) rings is 1. The average molecular weight is 508 g/mol. The smallest absolute Gasteiger partial charge is 0.352 e. The number of aliphatic carboxylic acids is 1. The number of nitrogens with two attached hydrogens (primary N) is 1. The number of carboxylic acid groups (broad SMARTS) is 1. The maximum Gasteiger partial charge on any atom is 0.352 e. The number of amides is 1. The zero-order valence-corrected chi connectivity index (χ0v) is 19.6. The van der Waals surface area contributed by atoms with Gasteiger partial charge in [0.25, 0.3) is 0 Å². The van der Waals surface area contributed by atoms with E-state index in [4.69, 9.17) is 17.3 Å². The van der Waals surface area contributed by atoms with E-state index in [9.17, 15) is 24.7 Å². The highest BCUT2D eigenvalue weighted by molar-refractivity contribution is 7.19. The van der Waals surface area contributed by atoms with Crippen LogP contribution in [0.5, 0.6) is 0 Å². The van der Waals surface area contributed by atoms with Gasteiger partial charge < -0.3 is 20.9 Å². The number of aromatic nitrogens is 2. The van der Waals surface area contributed by atoms with Crippen molar-refractivity contribution in [2.45, 2.75) is 32.2 Å². The Balaban J connectivity index is 1.54. The van der Waals surface area contributed by atoms with E-state index in [1.54, 1.807) is 17.7 Å². The Morgan fingerprint density at radius 3 is 2.76 bits per heavy atom. The van der Waals surface area contributed by atoms with E-state index in [2.05, 4.69) is 15.1 Å². The first-order chi connectivity index (χ1) is 15.7. The van der Waals surface area contributed by atoms with Crippen LogP contribution in [-0.4, -0.2) is 54.6 Å². The highest BCUT2D eigenvalue weighted by atomic mass is 35.5. The number of nitrogen functional groups attached to an aromatic ring is 1. The van der Waals surface area contributed by atoms with Gasteiger partial charge in [0, 0.05) is 17.3 Å². The van der Waals surface area contributed by atoms with Crippen molar-refractivity contribution >= 4 is 68.9 Å². The molecule has 172 valence electrons. The van der Waals surface area contributed by atoms with Crippen molar-refractivity contribution in [2.24, 2.45) is 11.1 Å². The summed E-state index contributed by atoms with van der Waals surface area (Å²) in [6.45, 7) is 1.86. The minimum absolute atomic E-state index is 0.0455. The Morgan fingerprint density at radius 1 is 1.42 bits per heavy atom. The van der Waals surface area contributed by atoms with Gasteiger partial charge in [0.1, 0.15) is 15.7 Å². The minimum Gasteiger partial charge on any atom is -0.477 e. The number of oxime groups is 1. The number of ketones is 1. The third-order valence-electron chi connectivity index (χ3n) is 5.62. The molecule has 2 aromatic heterocycles. The first kappa shape index (κ1) is 23.1. The van der Waals surface area contributed by atoms with Crippen LogP contribution in [0.15, 0.2) is 28.0 Å². The Kier molecular flexibility index (Phi) is 6.32. The van der Waals surface area contributed by atoms with Gasteiger partial charge in [-0.15, -0.1) is 11.3 Å². The second-order valence-corrected chi connectivity index (χ2v) is 10.0. The molecule has 0 aliphatic carbocycles. The topological polar surface area (TPSA) is 159 Å². The van der Waals surface area contributed by atoms with Crippen LogP contribution in [-0.2, 0) is 14.4 Å². The standard InChI is InChI=1S/C20H18ClN5O5S2/c1-8-13(32-7-23-8)5-3-9-2-4-11-10(18(28)26(11)16(9)19(29)30)6-12(27)14(25-31)15-17(21)33-20(22)24-15/h3,5,7,10-11,31H,2,4,6H2,1H3,(H2,22,24)(H,29,30)/b5-3?,25-14-. The molecule has 1 fully saturated rings. The van der Waals surface area contributed by atoms with Gasteiger partial charge in [-0.25, -0.2) is 14.8 Å². The molecular formula is C20H18ClN5O5S2. The van der Waals surface area contributed by atoms with Crippen LogP contribution in [0.1, 0.15) is 35.5 Å². The summed E-state index contributed by atoms with van der Waals surface area (Å²) in [4.78, 5) is 47.9. The number of fused-ring (bicyclic) bond motifs is 1. The van der Waals surface area contributed by atoms with Crippen LogP contribution in [0.3, 0.4) is 0 Å². The van der Waals surface area contributed by atoms with Crippen LogP contribution in [0.2, 0.25) is 4.34 Å². The molecule has 2 aromatic rings. The molecule has 4 heterocycles. The lowest BCUT2D eigenvalue weighted by atomic mass is 9.76. The van der Waals surface area contributed by atoms with Gasteiger partial charge in [-0.05, 0) is 31.4 Å². The summed E-state index contributed by atoms with van der Waals surface area (Å²) in [5.41, 5.74) is 8.16. The number of anilines is 1. The van der Waals surface area contributed by atoms with E-state index in [1.807, 2.05) is 6.92 Å². The number of rotatable bonds is 7. The number of carbonyl (C=O) groups is 3. The lowest BCUT2D eigenvalue weighted by Crippen LogP contribution is -2.63. The zero-order valence-electron chi connectivity index (χ0n) is 17.2. The summed E-state index contributed by atoms with van der Waals surface area (Å²) in [5, 5.41) is 22.2. The van der Waals surface area contributed by atoms with Crippen LogP contribution in [0.4, 0.5) is 5.13 Å². The Labute approximate surface area is 200 Å². The van der Waals surface area contributed by atoms with Crippen LogP contribution < -0.4 is 5.73 Å². The van der Waals surface area contributed by atoms with Crippen molar-refractivity contribution in [3.05, 3.63) is 43.5 Å². The molecule has 0 bridgehead atoms. The molecule has 1 saturated heterocycles. The number of halogens is 1. The SMILES string of the molecule is Cc1ncsc1C=CC1=C(C(=O)O)N2C(=O)C(CC(=O)/C(=N/O)c3nc(N)sc3Cl)C2CC1. The largest absolute Gasteiger partial charge is 0.477 e. The number of thiazole rings is 2. The van der Waals surface area contributed by atoms with E-state index >= 15 is 0 Å². The molecule has 2 unspecified atom stereocenters. The molecule has 2 aliphatic heterocycles. The lowest BCUT2D eigenvalue weighted by Gasteiger charge is -2.50. The van der Waals surface area contributed by atoms with Gasteiger partial charge in [-0.2, -0.15) is 0 Å². The molecular weight excluding hydrogens is 490 g/mol. The molecule has 33 heavy (non-hydrogen) atoms. The molecule has 0 radical (unpaired) electrons. The summed E-state index contributed by atoms with van der Waals surface area (Å²) in [5.74, 6) is -3.03. The number of nitrogens with zero attached hydrogens (tertiary/aromatic N) is 4. The molecule has 2 aliphatic rings. The number of hydrogen-bond acceptors (Lipinski definition) is 10. The quantitative estimate of drug-likeness (QED) is 0.223. The van der Waals surface area contributed by atoms with Crippen LogP contribution in [0, 0.1) is 12.8 Å². The predicted octanol–water partition coefficient (Wildman–Crippen LogP) is 2.95. The maximum atomic E-state index is 12.9. The number of carbonyl (C=O) groups excluding carboxylic acids is 2. The summed E-state index contributed by atoms with van der Waals surface area (Å²) in [7, 11) is 0. The average Bonchev–Trinajstić information content (AvgIpc) is 3.33. The molecule has 1 amide bonds. The zero-order chi connectivity index (χ0) is 23.9. The van der Waals surface area contributed by atoms with E-state index < -0.39 is 29.6 Å². The van der Waals surface area contributed by atoms with Crippen molar-refractivity contribution in [2.75, 3.05) is 5.73 Å². The van der Waals surface area contributed by atoms with Crippen LogP contribution in [0.25, 0.3) is 6.08 Å². The van der Waals surface area contributed by atoms with Gasteiger partial charge in [0.05, 0.1) is 17.1 Å². The molecule has 0 spiro atoms. The summed E-state index contributed by atoms with van der Waals surface area (Å²) >= 11 is 8.37. The van der Waals surface area contributed by atoms with Gasteiger partial charge in [-0.1, -0.05) is 34.2 Å². The molecule has 0 aromatic carbocycles. The number of allylic oxidation sites excluding steroid dienone is 2. The second kappa shape index (κ2) is 9.04. The van der Waals surface area contributed by atoms with Gasteiger partial charge in [-0.3, -0.25) is 9.59 Å². The monoisotopic (exact) mass is 507 g/mol. The fourth-order valence-corrected chi connectivity index (χ4v) is 5.68. The first-order valence-electron chi connectivity index (χ1n) is 9.78. The molecule has 10 nitrogen and oxygen atoms in total. The summed E-state index contributed by atoms with van der Waals surface area (Å²) in [6, 6.07) is -0.439. The Morgan fingerprint density at radius 2 is 2.18 bits per heavy atom. The molecule has 4 rings (SSSR count). The van der Waals surface area contributed by atoms with Crippen molar-refractivity contribution in [3.63, 3.8) is 0 Å². The van der Waals surface area contributed by atoms with Crippen molar-refractivity contribution in [3.8, 4) is 0 Å². The molecule has 4 N–H and O–H groups in total. The Bertz CT molecular complexity index is 1250. The third-order valence-corrected chi connectivity index (χ3v) is 7.60. The van der Waals surface area contributed by atoms with Crippen molar-refractivity contribution < 1.29 is 24.7 Å². The number of hydrogen-bond donors (Lipinski definition) is 3. The van der Waals surface area contributed by atoms with Crippen LogP contribution >= 0.6 is 34.3 Å². The second-order valence-electron chi connectivity index (χ2n) is 7.49. The van der Waals surface area contributed by atoms with Crippen molar-refractivity contribution in [1.29, 1.82) is 0 Å². The first-order valence-corrected chi connectivity index (χ1v) is 11.9. The predicted molar refractivity (Wildman–Crippen MR) is 123 cm³/mol. The number of carboxylic acids is 1. The van der Waals surface area contributed by atoms with Gasteiger partial charge >= 0.3 is 5.97 Å². The van der Waals surface area contributed by atoms with Gasteiger partial charge in [0.15, 0.2) is 16.6 Å². The fourth-order valence-electron chi connectivity index (χ4n) is 4.06. The summed E-state index contributed by atoms with van der Waals surface area (Å²) < 4.78 is 0.0941. The summed E-state index contributed by atoms with van der Waals surface area (Å²) in [6.07, 6.45) is 4.18. The van der Waals surface area contributed by atoms with Gasteiger partial charge in [0.2, 0.25) is 5.91 Å². The van der Waals surface area contributed by atoms with E-state index in [0.717, 1.165) is 21.9 Å². The Hall–Kier alpha value is -3.09. The third kappa shape index (κ3) is 4.16. The van der Waals surface area contributed by atoms with Crippen molar-refractivity contribution in [1.82, 2.24) is 14.9 Å². The normalized spacial score (nSPS) is 20.8. The number of Topliss-reactive ketones (excluding diaryl/α,β-unsaturated/α-hetero) is 1. The highest BCUT2D eigenvalue weighted by Gasteiger charge is 2.53.